The summed E-state index contributed by atoms with van der Waals surface area (Å²) in [5.74, 6) is 0. The SMILES string of the molecule is CC(NC1CC1NC(=O)OC(C)(C)C)C(C)(C)O. The molecule has 0 aromatic carbocycles. The minimum Gasteiger partial charge on any atom is -0.444 e. The number of carbonyl (C=O) groups is 1. The number of carbonyl (C=O) groups excluding carboxylic acids is 1. The Labute approximate surface area is 109 Å². The summed E-state index contributed by atoms with van der Waals surface area (Å²) in [5, 5.41) is 15.9. The lowest BCUT2D eigenvalue weighted by molar-refractivity contribution is 0.0428. The van der Waals surface area contributed by atoms with Crippen LogP contribution in [-0.2, 0) is 4.74 Å². The molecule has 106 valence electrons. The summed E-state index contributed by atoms with van der Waals surface area (Å²) in [6, 6.07) is 0.302. The van der Waals surface area contributed by atoms with Crippen molar-refractivity contribution in [3.63, 3.8) is 0 Å². The molecule has 1 aliphatic rings. The molecule has 0 aromatic heterocycles. The summed E-state index contributed by atoms with van der Waals surface area (Å²) >= 11 is 0. The Kier molecular flexibility index (Phi) is 4.28. The van der Waals surface area contributed by atoms with Crippen molar-refractivity contribution < 1.29 is 14.6 Å². The fraction of sp³-hybridized carbons (Fsp3) is 0.923. The van der Waals surface area contributed by atoms with E-state index < -0.39 is 11.2 Å². The highest BCUT2D eigenvalue weighted by Gasteiger charge is 2.41. The van der Waals surface area contributed by atoms with E-state index in [-0.39, 0.29) is 24.2 Å². The molecule has 0 aromatic rings. The molecule has 0 radical (unpaired) electrons. The van der Waals surface area contributed by atoms with Crippen molar-refractivity contribution in [3.8, 4) is 0 Å². The van der Waals surface area contributed by atoms with Crippen LogP contribution in [0.25, 0.3) is 0 Å². The van der Waals surface area contributed by atoms with E-state index in [4.69, 9.17) is 4.74 Å². The van der Waals surface area contributed by atoms with Crippen LogP contribution in [0.15, 0.2) is 0 Å². The Bertz CT molecular complexity index is 304. The van der Waals surface area contributed by atoms with Crippen LogP contribution in [0.5, 0.6) is 0 Å². The lowest BCUT2D eigenvalue weighted by atomic mass is 10.0. The maximum atomic E-state index is 11.5. The van der Waals surface area contributed by atoms with Crippen LogP contribution in [0.4, 0.5) is 4.79 Å². The number of alkyl carbamates (subject to hydrolysis) is 1. The summed E-state index contributed by atoms with van der Waals surface area (Å²) in [6.45, 7) is 11.0. The molecule has 0 aliphatic heterocycles. The smallest absolute Gasteiger partial charge is 0.407 e. The van der Waals surface area contributed by atoms with Gasteiger partial charge in [0.05, 0.1) is 5.60 Å². The molecule has 3 N–H and O–H groups in total. The molecule has 1 rings (SSSR count). The van der Waals surface area contributed by atoms with Crippen molar-refractivity contribution in [1.29, 1.82) is 0 Å². The van der Waals surface area contributed by atoms with Gasteiger partial charge in [-0.2, -0.15) is 0 Å². The first kappa shape index (κ1) is 15.2. The van der Waals surface area contributed by atoms with E-state index in [1.54, 1.807) is 13.8 Å². The first-order valence-corrected chi connectivity index (χ1v) is 6.47. The van der Waals surface area contributed by atoms with E-state index in [1.807, 2.05) is 27.7 Å². The van der Waals surface area contributed by atoms with Crippen molar-refractivity contribution in [3.05, 3.63) is 0 Å². The Hall–Kier alpha value is -0.810. The summed E-state index contributed by atoms with van der Waals surface area (Å²) < 4.78 is 5.18. The zero-order valence-corrected chi connectivity index (χ0v) is 12.2. The molecule has 0 spiro atoms. The highest BCUT2D eigenvalue weighted by atomic mass is 16.6. The largest absolute Gasteiger partial charge is 0.444 e. The molecule has 3 atom stereocenters. The van der Waals surface area contributed by atoms with Gasteiger partial charge >= 0.3 is 6.09 Å². The van der Waals surface area contributed by atoms with Crippen molar-refractivity contribution >= 4 is 6.09 Å². The second kappa shape index (κ2) is 5.05. The van der Waals surface area contributed by atoms with Crippen molar-refractivity contribution in [2.24, 2.45) is 0 Å². The molecule has 18 heavy (non-hydrogen) atoms. The van der Waals surface area contributed by atoms with Gasteiger partial charge in [0, 0.05) is 18.1 Å². The Morgan fingerprint density at radius 2 is 1.83 bits per heavy atom. The monoisotopic (exact) mass is 258 g/mol. The molecule has 0 bridgehead atoms. The molecule has 1 fully saturated rings. The highest BCUT2D eigenvalue weighted by Crippen LogP contribution is 2.24. The number of aliphatic hydroxyl groups is 1. The number of rotatable bonds is 4. The minimum atomic E-state index is -0.765. The van der Waals surface area contributed by atoms with E-state index in [0.717, 1.165) is 6.42 Å². The van der Waals surface area contributed by atoms with Gasteiger partial charge in [0.25, 0.3) is 0 Å². The Balaban J connectivity index is 2.28. The molecule has 0 heterocycles. The molecule has 1 amide bonds. The minimum absolute atomic E-state index is 0.0204. The molecule has 1 saturated carbocycles. The van der Waals surface area contributed by atoms with Gasteiger partial charge in [-0.3, -0.25) is 0 Å². The molecular formula is C13H26N2O3. The van der Waals surface area contributed by atoms with Gasteiger partial charge in [0.2, 0.25) is 0 Å². The molecule has 1 aliphatic carbocycles. The molecule has 3 unspecified atom stereocenters. The van der Waals surface area contributed by atoms with Gasteiger partial charge in [-0.25, -0.2) is 4.79 Å². The van der Waals surface area contributed by atoms with Crippen LogP contribution in [0, 0.1) is 0 Å². The third kappa shape index (κ3) is 5.23. The standard InChI is InChI=1S/C13H26N2O3/c1-8(13(5,6)17)14-9-7-10(9)15-11(16)18-12(2,3)4/h8-10,14,17H,7H2,1-6H3,(H,15,16). The predicted octanol–water partition coefficient (Wildman–Crippen LogP) is 1.40. The number of hydrogen-bond donors (Lipinski definition) is 3. The number of hydrogen-bond acceptors (Lipinski definition) is 4. The van der Waals surface area contributed by atoms with Crippen molar-refractivity contribution in [2.75, 3.05) is 0 Å². The highest BCUT2D eigenvalue weighted by molar-refractivity contribution is 5.68. The Morgan fingerprint density at radius 3 is 2.28 bits per heavy atom. The third-order valence-corrected chi connectivity index (χ3v) is 3.02. The van der Waals surface area contributed by atoms with E-state index >= 15 is 0 Å². The fourth-order valence-corrected chi connectivity index (χ4v) is 1.52. The van der Waals surface area contributed by atoms with Gasteiger partial charge in [0.1, 0.15) is 5.60 Å². The first-order chi connectivity index (χ1) is 7.99. The number of ether oxygens (including phenoxy) is 1. The summed E-state index contributed by atoms with van der Waals surface area (Å²) in [5.41, 5.74) is -1.23. The fourth-order valence-electron chi connectivity index (χ4n) is 1.52. The van der Waals surface area contributed by atoms with Crippen LogP contribution in [-0.4, -0.2) is 40.5 Å². The van der Waals surface area contributed by atoms with Gasteiger partial charge < -0.3 is 20.5 Å². The van der Waals surface area contributed by atoms with Crippen molar-refractivity contribution in [2.45, 2.75) is 77.3 Å². The van der Waals surface area contributed by atoms with E-state index in [2.05, 4.69) is 10.6 Å². The maximum absolute atomic E-state index is 11.5. The maximum Gasteiger partial charge on any atom is 0.407 e. The van der Waals surface area contributed by atoms with E-state index in [0.29, 0.717) is 0 Å². The second-order valence-electron chi connectivity index (χ2n) is 6.64. The topological polar surface area (TPSA) is 70.6 Å². The normalized spacial score (nSPS) is 25.5. The zero-order chi connectivity index (χ0) is 14.1. The predicted molar refractivity (Wildman–Crippen MR) is 70.5 cm³/mol. The van der Waals surface area contributed by atoms with Crippen LogP contribution in [0.3, 0.4) is 0 Å². The summed E-state index contributed by atoms with van der Waals surface area (Å²) in [6.07, 6.45) is 0.493. The molecule has 5 heteroatoms. The molecule has 0 saturated heterocycles. The van der Waals surface area contributed by atoms with Gasteiger partial charge in [0.15, 0.2) is 0 Å². The second-order valence-corrected chi connectivity index (χ2v) is 6.64. The van der Waals surface area contributed by atoms with Gasteiger partial charge in [-0.1, -0.05) is 0 Å². The first-order valence-electron chi connectivity index (χ1n) is 6.47. The van der Waals surface area contributed by atoms with E-state index in [1.165, 1.54) is 0 Å². The van der Waals surface area contributed by atoms with Crippen LogP contribution >= 0.6 is 0 Å². The quantitative estimate of drug-likeness (QED) is 0.713. The molecular weight excluding hydrogens is 232 g/mol. The van der Waals surface area contributed by atoms with Crippen LogP contribution in [0.2, 0.25) is 0 Å². The number of nitrogens with one attached hydrogen (secondary N) is 2. The zero-order valence-electron chi connectivity index (χ0n) is 12.2. The van der Waals surface area contributed by atoms with Crippen molar-refractivity contribution in [1.82, 2.24) is 10.6 Å². The summed E-state index contributed by atoms with van der Waals surface area (Å²) in [4.78, 5) is 11.5. The van der Waals surface area contributed by atoms with Gasteiger partial charge in [-0.05, 0) is 48.0 Å². The lowest BCUT2D eigenvalue weighted by Crippen LogP contribution is -2.47. The average Bonchev–Trinajstić information content (AvgIpc) is 2.77. The third-order valence-electron chi connectivity index (χ3n) is 3.02. The van der Waals surface area contributed by atoms with Gasteiger partial charge in [-0.15, -0.1) is 0 Å². The average molecular weight is 258 g/mol. The van der Waals surface area contributed by atoms with E-state index in [9.17, 15) is 9.90 Å². The van der Waals surface area contributed by atoms with Crippen LogP contribution < -0.4 is 10.6 Å². The van der Waals surface area contributed by atoms with Crippen LogP contribution in [0.1, 0.15) is 48.0 Å². The molecule has 5 nitrogen and oxygen atoms in total. The summed E-state index contributed by atoms with van der Waals surface area (Å²) in [7, 11) is 0. The lowest BCUT2D eigenvalue weighted by Gasteiger charge is -2.27. The number of amides is 1. The Morgan fingerprint density at radius 1 is 1.28 bits per heavy atom.